The number of amides is 1. The molecule has 1 heterocycles. The summed E-state index contributed by atoms with van der Waals surface area (Å²) >= 11 is 9.17. The van der Waals surface area contributed by atoms with E-state index in [-0.39, 0.29) is 12.0 Å². The van der Waals surface area contributed by atoms with E-state index in [0.29, 0.717) is 27.1 Å². The average Bonchev–Trinajstić information content (AvgIpc) is 2.62. The third-order valence-electron chi connectivity index (χ3n) is 4.02. The second kappa shape index (κ2) is 7.94. The van der Waals surface area contributed by atoms with Gasteiger partial charge in [-0.1, -0.05) is 27.5 Å². The fourth-order valence-electron chi connectivity index (χ4n) is 2.73. The normalized spacial score (nSPS) is 11.9. The van der Waals surface area contributed by atoms with Crippen molar-refractivity contribution in [2.75, 3.05) is 0 Å². The Balaban J connectivity index is 1.91. The number of carboxylic acid groups (broad SMARTS) is 1. The summed E-state index contributed by atoms with van der Waals surface area (Å²) in [7, 11) is 0. The van der Waals surface area contributed by atoms with Crippen LogP contribution < -0.4 is 10.9 Å². The summed E-state index contributed by atoms with van der Waals surface area (Å²) in [6.07, 6.45) is -0.0362. The van der Waals surface area contributed by atoms with E-state index in [9.17, 15) is 19.5 Å². The van der Waals surface area contributed by atoms with Gasteiger partial charge in [0.2, 0.25) is 5.56 Å². The molecule has 0 aliphatic rings. The lowest BCUT2D eigenvalue weighted by atomic mass is 10.0. The van der Waals surface area contributed by atoms with Crippen LogP contribution in [0.1, 0.15) is 15.9 Å². The van der Waals surface area contributed by atoms with Crippen LogP contribution in [0.5, 0.6) is 0 Å². The zero-order chi connectivity index (χ0) is 19.6. The van der Waals surface area contributed by atoms with Gasteiger partial charge in [0.25, 0.3) is 5.91 Å². The van der Waals surface area contributed by atoms with Crippen LogP contribution in [0.2, 0.25) is 5.02 Å². The summed E-state index contributed by atoms with van der Waals surface area (Å²) < 4.78 is 0.792. The largest absolute Gasteiger partial charge is 0.480 e. The fourth-order valence-corrected chi connectivity index (χ4v) is 3.21. The number of aromatic nitrogens is 1. The van der Waals surface area contributed by atoms with Crippen LogP contribution >= 0.6 is 27.5 Å². The summed E-state index contributed by atoms with van der Waals surface area (Å²) in [5.41, 5.74) is 1.07. The van der Waals surface area contributed by atoms with Crippen LogP contribution in [0.25, 0.3) is 10.9 Å². The van der Waals surface area contributed by atoms with Gasteiger partial charge in [-0.25, -0.2) is 4.79 Å². The predicted octanol–water partition coefficient (Wildman–Crippen LogP) is 3.37. The molecule has 1 aromatic heterocycles. The van der Waals surface area contributed by atoms with E-state index >= 15 is 0 Å². The summed E-state index contributed by atoms with van der Waals surface area (Å²) in [6.45, 7) is 0. The molecule has 0 fully saturated rings. The number of fused-ring (bicyclic) bond motifs is 1. The zero-order valence-corrected chi connectivity index (χ0v) is 16.2. The molecule has 1 atom stereocenters. The van der Waals surface area contributed by atoms with Crippen molar-refractivity contribution in [2.24, 2.45) is 0 Å². The number of carbonyl (C=O) groups is 2. The highest BCUT2D eigenvalue weighted by atomic mass is 79.9. The Morgan fingerprint density at radius 2 is 1.85 bits per heavy atom. The molecule has 138 valence electrons. The van der Waals surface area contributed by atoms with Gasteiger partial charge >= 0.3 is 5.97 Å². The molecule has 8 heteroatoms. The van der Waals surface area contributed by atoms with Gasteiger partial charge in [0, 0.05) is 38.4 Å². The molecule has 3 aromatic rings. The van der Waals surface area contributed by atoms with Crippen molar-refractivity contribution in [3.63, 3.8) is 0 Å². The lowest BCUT2D eigenvalue weighted by Crippen LogP contribution is -2.42. The third-order valence-corrected chi connectivity index (χ3v) is 4.77. The van der Waals surface area contributed by atoms with Crippen molar-refractivity contribution in [2.45, 2.75) is 12.5 Å². The van der Waals surface area contributed by atoms with Gasteiger partial charge < -0.3 is 15.4 Å². The molecule has 1 unspecified atom stereocenters. The van der Waals surface area contributed by atoms with Crippen LogP contribution in [-0.2, 0) is 11.2 Å². The molecule has 2 aromatic carbocycles. The lowest BCUT2D eigenvalue weighted by molar-refractivity contribution is -0.139. The first-order chi connectivity index (χ1) is 12.8. The molecule has 0 saturated carbocycles. The van der Waals surface area contributed by atoms with Gasteiger partial charge in [0.1, 0.15) is 6.04 Å². The minimum absolute atomic E-state index is 0.0362. The molecular formula is C19H14BrClN2O4. The Kier molecular flexibility index (Phi) is 5.62. The Hall–Kier alpha value is -2.64. The van der Waals surface area contributed by atoms with Crippen molar-refractivity contribution in [1.29, 1.82) is 0 Å². The second-order valence-corrected chi connectivity index (χ2v) is 7.28. The van der Waals surface area contributed by atoms with Crippen LogP contribution in [0.3, 0.4) is 0 Å². The quantitative estimate of drug-likeness (QED) is 0.556. The topological polar surface area (TPSA) is 99.3 Å². The highest BCUT2D eigenvalue weighted by Crippen LogP contribution is 2.21. The molecule has 0 radical (unpaired) electrons. The average molecular weight is 450 g/mol. The van der Waals surface area contributed by atoms with Gasteiger partial charge in [0.15, 0.2) is 0 Å². The molecule has 27 heavy (non-hydrogen) atoms. The van der Waals surface area contributed by atoms with Crippen LogP contribution in [0.4, 0.5) is 0 Å². The fraction of sp³-hybridized carbons (Fsp3) is 0.105. The van der Waals surface area contributed by atoms with Crippen molar-refractivity contribution in [3.05, 3.63) is 79.5 Å². The first-order valence-corrected chi connectivity index (χ1v) is 9.11. The number of pyridine rings is 1. The molecule has 3 rings (SSSR count). The minimum atomic E-state index is -1.20. The van der Waals surface area contributed by atoms with Crippen molar-refractivity contribution in [1.82, 2.24) is 10.3 Å². The highest BCUT2D eigenvalue weighted by Gasteiger charge is 2.22. The summed E-state index contributed by atoms with van der Waals surface area (Å²) in [5, 5.41) is 13.2. The van der Waals surface area contributed by atoms with Gasteiger partial charge in [-0.3, -0.25) is 9.59 Å². The number of aromatic amines is 1. The summed E-state index contributed by atoms with van der Waals surface area (Å²) in [5.74, 6) is -1.73. The first-order valence-electron chi connectivity index (χ1n) is 7.94. The van der Waals surface area contributed by atoms with Crippen molar-refractivity contribution < 1.29 is 14.7 Å². The van der Waals surface area contributed by atoms with E-state index in [0.717, 1.165) is 4.47 Å². The number of aliphatic carboxylic acids is 1. The Bertz CT molecular complexity index is 1080. The maximum absolute atomic E-state index is 12.4. The molecule has 0 aliphatic heterocycles. The van der Waals surface area contributed by atoms with E-state index in [4.69, 9.17) is 11.6 Å². The Morgan fingerprint density at radius 3 is 2.52 bits per heavy atom. The van der Waals surface area contributed by atoms with E-state index in [1.807, 2.05) is 0 Å². The Morgan fingerprint density at radius 1 is 1.15 bits per heavy atom. The van der Waals surface area contributed by atoms with Gasteiger partial charge in [-0.2, -0.15) is 0 Å². The van der Waals surface area contributed by atoms with E-state index in [1.165, 1.54) is 18.2 Å². The zero-order valence-electron chi connectivity index (χ0n) is 13.8. The molecule has 6 nitrogen and oxygen atoms in total. The van der Waals surface area contributed by atoms with Crippen LogP contribution in [0.15, 0.2) is 57.8 Å². The van der Waals surface area contributed by atoms with Crippen LogP contribution in [-0.4, -0.2) is 28.0 Å². The number of hydrogen-bond donors (Lipinski definition) is 3. The SMILES string of the molecule is O=C(NC(Cc1cc(=O)[nH]c2ccc(Br)cc12)C(=O)O)c1ccc(Cl)cc1. The number of nitrogens with one attached hydrogen (secondary N) is 2. The predicted molar refractivity (Wildman–Crippen MR) is 106 cm³/mol. The number of carboxylic acids is 1. The number of rotatable bonds is 5. The van der Waals surface area contributed by atoms with Gasteiger partial charge in [0.05, 0.1) is 0 Å². The lowest BCUT2D eigenvalue weighted by Gasteiger charge is -2.16. The highest BCUT2D eigenvalue weighted by molar-refractivity contribution is 9.10. The van der Waals surface area contributed by atoms with Crippen LogP contribution in [0, 0.1) is 0 Å². The van der Waals surface area contributed by atoms with Crippen molar-refractivity contribution >= 4 is 50.3 Å². The van der Waals surface area contributed by atoms with E-state index in [2.05, 4.69) is 26.2 Å². The van der Waals surface area contributed by atoms with Crippen molar-refractivity contribution in [3.8, 4) is 0 Å². The number of carbonyl (C=O) groups excluding carboxylic acids is 1. The third kappa shape index (κ3) is 4.56. The molecule has 0 saturated heterocycles. The second-order valence-electron chi connectivity index (χ2n) is 5.92. The molecule has 3 N–H and O–H groups in total. The molecular weight excluding hydrogens is 436 g/mol. The maximum atomic E-state index is 12.4. The summed E-state index contributed by atoms with van der Waals surface area (Å²) in [6, 6.07) is 11.6. The van der Waals surface area contributed by atoms with E-state index < -0.39 is 17.9 Å². The smallest absolute Gasteiger partial charge is 0.326 e. The first kappa shape index (κ1) is 19.1. The molecule has 0 aliphatic carbocycles. The Labute approximate surface area is 167 Å². The molecule has 0 spiro atoms. The number of hydrogen-bond acceptors (Lipinski definition) is 3. The number of benzene rings is 2. The number of halogens is 2. The van der Waals surface area contributed by atoms with Gasteiger partial charge in [-0.05, 0) is 48.0 Å². The number of H-pyrrole nitrogens is 1. The maximum Gasteiger partial charge on any atom is 0.326 e. The van der Waals surface area contributed by atoms with Gasteiger partial charge in [-0.15, -0.1) is 0 Å². The monoisotopic (exact) mass is 448 g/mol. The minimum Gasteiger partial charge on any atom is -0.480 e. The molecule has 0 bridgehead atoms. The standard InChI is InChI=1S/C19H14BrClN2O4/c20-12-3-6-15-14(9-12)11(8-17(24)22-15)7-16(19(26)27)23-18(25)10-1-4-13(21)5-2-10/h1-6,8-9,16H,7H2,(H,22,24)(H,23,25)(H,26,27). The van der Waals surface area contributed by atoms with E-state index in [1.54, 1.807) is 30.3 Å². The summed E-state index contributed by atoms with van der Waals surface area (Å²) in [4.78, 5) is 38.6. The molecule has 1 amide bonds.